The number of benzene rings is 1. The fourth-order valence-electron chi connectivity index (χ4n) is 2.09. The highest BCUT2D eigenvalue weighted by Gasteiger charge is 2.20. The van der Waals surface area contributed by atoms with E-state index < -0.39 is 0 Å². The molecule has 0 spiro atoms. The maximum atomic E-state index is 12.4. The van der Waals surface area contributed by atoms with Crippen LogP contribution in [-0.2, 0) is 0 Å². The van der Waals surface area contributed by atoms with E-state index in [0.717, 1.165) is 11.1 Å². The van der Waals surface area contributed by atoms with Crippen molar-refractivity contribution in [3.8, 4) is 0 Å². The number of H-pyrrole nitrogens is 1. The Hall–Kier alpha value is -1.71. The molecule has 0 bridgehead atoms. The summed E-state index contributed by atoms with van der Waals surface area (Å²) in [7, 11) is 0. The van der Waals surface area contributed by atoms with Crippen molar-refractivity contribution in [1.29, 1.82) is 0 Å². The molecule has 2 aromatic heterocycles. The zero-order valence-electron chi connectivity index (χ0n) is 9.96. The van der Waals surface area contributed by atoms with Crippen LogP contribution in [0.4, 0.5) is 0 Å². The number of aromatic nitrogens is 1. The largest absolute Gasteiger partial charge is 0.461 e. The number of halogens is 2. The lowest BCUT2D eigenvalue weighted by Crippen LogP contribution is -2.00. The summed E-state index contributed by atoms with van der Waals surface area (Å²) in [5.74, 6) is 0.130. The minimum Gasteiger partial charge on any atom is -0.461 e. The van der Waals surface area contributed by atoms with Crippen molar-refractivity contribution in [2.45, 2.75) is 6.92 Å². The van der Waals surface area contributed by atoms with E-state index in [1.54, 1.807) is 24.4 Å². The molecule has 0 radical (unpaired) electrons. The molecule has 0 atom stereocenters. The van der Waals surface area contributed by atoms with Gasteiger partial charge in [0.15, 0.2) is 5.76 Å². The van der Waals surface area contributed by atoms with Gasteiger partial charge in [0.1, 0.15) is 0 Å². The van der Waals surface area contributed by atoms with Crippen LogP contribution in [0.2, 0.25) is 10.0 Å². The van der Waals surface area contributed by atoms with Crippen LogP contribution < -0.4 is 0 Å². The van der Waals surface area contributed by atoms with E-state index in [4.69, 9.17) is 27.6 Å². The van der Waals surface area contributed by atoms with Gasteiger partial charge in [-0.1, -0.05) is 23.2 Å². The van der Waals surface area contributed by atoms with Crippen molar-refractivity contribution < 1.29 is 9.21 Å². The summed E-state index contributed by atoms with van der Waals surface area (Å²) in [4.78, 5) is 15.4. The monoisotopic (exact) mass is 293 g/mol. The van der Waals surface area contributed by atoms with Gasteiger partial charge in [-0.25, -0.2) is 0 Å². The lowest BCUT2D eigenvalue weighted by molar-refractivity contribution is 0.101. The number of rotatable bonds is 2. The summed E-state index contributed by atoms with van der Waals surface area (Å²) in [6.45, 7) is 1.82. The van der Waals surface area contributed by atoms with Crippen LogP contribution in [0.3, 0.4) is 0 Å². The topological polar surface area (TPSA) is 46.0 Å². The quantitative estimate of drug-likeness (QED) is 0.702. The molecule has 19 heavy (non-hydrogen) atoms. The van der Waals surface area contributed by atoms with Gasteiger partial charge in [0.25, 0.3) is 0 Å². The fourth-order valence-corrected chi connectivity index (χ4v) is 2.69. The van der Waals surface area contributed by atoms with Gasteiger partial charge >= 0.3 is 0 Å². The molecule has 0 amide bonds. The molecule has 0 fully saturated rings. The zero-order chi connectivity index (χ0) is 13.6. The molecular weight excluding hydrogens is 285 g/mol. The van der Waals surface area contributed by atoms with Gasteiger partial charge in [0, 0.05) is 22.1 Å². The van der Waals surface area contributed by atoms with Crippen molar-refractivity contribution in [2.24, 2.45) is 0 Å². The minimum atomic E-state index is -0.196. The average molecular weight is 294 g/mol. The first-order valence-corrected chi connectivity index (χ1v) is 6.38. The van der Waals surface area contributed by atoms with E-state index in [-0.39, 0.29) is 5.78 Å². The second kappa shape index (κ2) is 4.44. The Balaban J connectivity index is 2.22. The third kappa shape index (κ3) is 1.95. The third-order valence-corrected chi connectivity index (χ3v) is 3.53. The first kappa shape index (κ1) is 12.3. The van der Waals surface area contributed by atoms with E-state index >= 15 is 0 Å². The highest BCUT2D eigenvalue weighted by molar-refractivity contribution is 6.40. The maximum Gasteiger partial charge on any atom is 0.230 e. The normalized spacial score (nSPS) is 11.1. The van der Waals surface area contributed by atoms with Crippen LogP contribution in [-0.4, -0.2) is 10.8 Å². The van der Waals surface area contributed by atoms with E-state index in [1.807, 2.05) is 6.92 Å². The van der Waals surface area contributed by atoms with E-state index in [9.17, 15) is 4.79 Å². The molecule has 5 heteroatoms. The van der Waals surface area contributed by atoms with Gasteiger partial charge < -0.3 is 9.40 Å². The van der Waals surface area contributed by atoms with Gasteiger partial charge in [-0.3, -0.25) is 4.79 Å². The molecule has 96 valence electrons. The summed E-state index contributed by atoms with van der Waals surface area (Å²) in [5, 5.41) is 1.62. The van der Waals surface area contributed by atoms with Crippen LogP contribution in [0.15, 0.2) is 35.1 Å². The van der Waals surface area contributed by atoms with E-state index in [2.05, 4.69) is 4.98 Å². The number of aromatic amines is 1. The van der Waals surface area contributed by atoms with Crippen LogP contribution in [0.25, 0.3) is 10.9 Å². The number of fused-ring (bicyclic) bond motifs is 1. The molecule has 0 saturated heterocycles. The first-order chi connectivity index (χ1) is 9.08. The number of hydrogen-bond donors (Lipinski definition) is 1. The van der Waals surface area contributed by atoms with Crippen molar-refractivity contribution in [2.75, 3.05) is 0 Å². The maximum absolute atomic E-state index is 12.4. The second-order valence-electron chi connectivity index (χ2n) is 4.27. The first-order valence-electron chi connectivity index (χ1n) is 5.63. The van der Waals surface area contributed by atoms with Crippen molar-refractivity contribution in [1.82, 2.24) is 4.98 Å². The molecule has 2 heterocycles. The Kier molecular flexibility index (Phi) is 2.88. The summed E-state index contributed by atoms with van der Waals surface area (Å²) in [5.41, 5.74) is 2.00. The molecular formula is C14H9Cl2NO2. The van der Waals surface area contributed by atoms with Crippen molar-refractivity contribution in [3.63, 3.8) is 0 Å². The highest BCUT2D eigenvalue weighted by Crippen LogP contribution is 2.31. The van der Waals surface area contributed by atoms with Gasteiger partial charge in [-0.05, 0) is 30.7 Å². The molecule has 1 N–H and O–H groups in total. The molecule has 0 aliphatic heterocycles. The Morgan fingerprint density at radius 2 is 2.11 bits per heavy atom. The lowest BCUT2D eigenvalue weighted by atomic mass is 10.1. The number of carbonyl (C=O) groups is 1. The number of carbonyl (C=O) groups excluding carboxylic acids is 1. The third-order valence-electron chi connectivity index (χ3n) is 3.01. The Morgan fingerprint density at radius 3 is 2.79 bits per heavy atom. The summed E-state index contributed by atoms with van der Waals surface area (Å²) >= 11 is 12.1. The van der Waals surface area contributed by atoms with Gasteiger partial charge in [-0.2, -0.15) is 0 Å². The fraction of sp³-hybridized carbons (Fsp3) is 0.0714. The predicted molar refractivity (Wildman–Crippen MR) is 75.2 cm³/mol. The molecule has 0 aliphatic rings. The predicted octanol–water partition coefficient (Wildman–Crippen LogP) is 4.61. The smallest absolute Gasteiger partial charge is 0.230 e. The van der Waals surface area contributed by atoms with Crippen molar-refractivity contribution >= 4 is 39.9 Å². The standard InChI is InChI=1S/C14H9Cl2NO2/c1-7-2-3-19-14(7)13(18)9-6-17-11-5-8(15)4-10(16)12(9)11/h2-6,17H,1H3. The summed E-state index contributed by atoms with van der Waals surface area (Å²) in [6.07, 6.45) is 3.12. The summed E-state index contributed by atoms with van der Waals surface area (Å²) in [6, 6.07) is 5.10. The van der Waals surface area contributed by atoms with Gasteiger partial charge in [-0.15, -0.1) is 0 Å². The van der Waals surface area contributed by atoms with Gasteiger partial charge in [0.2, 0.25) is 5.78 Å². The Bertz CT molecular complexity index is 786. The molecule has 0 aliphatic carbocycles. The Labute approximate surface area is 119 Å². The number of furan rings is 1. The van der Waals surface area contributed by atoms with E-state index in [0.29, 0.717) is 26.8 Å². The lowest BCUT2D eigenvalue weighted by Gasteiger charge is -2.00. The van der Waals surface area contributed by atoms with Crippen LogP contribution in [0, 0.1) is 6.92 Å². The van der Waals surface area contributed by atoms with E-state index in [1.165, 1.54) is 6.26 Å². The average Bonchev–Trinajstić information content (AvgIpc) is 2.94. The number of ketones is 1. The Morgan fingerprint density at radius 1 is 1.32 bits per heavy atom. The zero-order valence-corrected chi connectivity index (χ0v) is 11.5. The van der Waals surface area contributed by atoms with Crippen LogP contribution in [0.1, 0.15) is 21.7 Å². The molecule has 1 aromatic carbocycles. The molecule has 3 rings (SSSR count). The molecule has 3 nitrogen and oxygen atoms in total. The minimum absolute atomic E-state index is 0.196. The molecule has 0 unspecified atom stereocenters. The summed E-state index contributed by atoms with van der Waals surface area (Å²) < 4.78 is 5.23. The molecule has 3 aromatic rings. The van der Waals surface area contributed by atoms with Gasteiger partial charge in [0.05, 0.1) is 16.8 Å². The SMILES string of the molecule is Cc1ccoc1C(=O)c1c[nH]c2cc(Cl)cc(Cl)c12. The number of nitrogens with one attached hydrogen (secondary N) is 1. The van der Waals surface area contributed by atoms with Crippen LogP contribution in [0.5, 0.6) is 0 Å². The van der Waals surface area contributed by atoms with Crippen molar-refractivity contribution in [3.05, 3.63) is 57.6 Å². The number of aryl methyl sites for hydroxylation is 1. The highest BCUT2D eigenvalue weighted by atomic mass is 35.5. The molecule has 0 saturated carbocycles. The second-order valence-corrected chi connectivity index (χ2v) is 5.12. The number of hydrogen-bond acceptors (Lipinski definition) is 2. The van der Waals surface area contributed by atoms with Crippen LogP contribution >= 0.6 is 23.2 Å².